The van der Waals surface area contributed by atoms with E-state index >= 15 is 0 Å². The van der Waals surface area contributed by atoms with Gasteiger partial charge in [-0.3, -0.25) is 9.89 Å². The van der Waals surface area contributed by atoms with E-state index in [2.05, 4.69) is 10.2 Å². The SMILES string of the molecule is Nc1cc(C(=O)N2CC(CO)C2)[nH]n1. The number of likely N-dealkylation sites (tertiary alicyclic amines) is 1. The number of nitrogens with zero attached hydrogens (tertiary/aromatic N) is 2. The summed E-state index contributed by atoms with van der Waals surface area (Å²) >= 11 is 0. The maximum atomic E-state index is 11.6. The van der Waals surface area contributed by atoms with Crippen molar-refractivity contribution in [2.45, 2.75) is 0 Å². The number of amides is 1. The Labute approximate surface area is 80.7 Å². The van der Waals surface area contributed by atoms with Crippen molar-refractivity contribution in [2.24, 2.45) is 5.92 Å². The van der Waals surface area contributed by atoms with Gasteiger partial charge in [-0.25, -0.2) is 0 Å². The van der Waals surface area contributed by atoms with Gasteiger partial charge in [0.25, 0.3) is 5.91 Å². The number of nitrogens with one attached hydrogen (secondary N) is 1. The van der Waals surface area contributed by atoms with E-state index in [0.717, 1.165) is 0 Å². The molecule has 0 unspecified atom stereocenters. The molecule has 1 aromatic heterocycles. The first-order valence-corrected chi connectivity index (χ1v) is 4.41. The molecule has 76 valence electrons. The molecule has 0 bridgehead atoms. The predicted molar refractivity (Wildman–Crippen MR) is 49.5 cm³/mol. The van der Waals surface area contributed by atoms with Crippen LogP contribution in [0.15, 0.2) is 6.07 Å². The first-order valence-electron chi connectivity index (χ1n) is 4.41. The van der Waals surface area contributed by atoms with Gasteiger partial charge >= 0.3 is 0 Å². The lowest BCUT2D eigenvalue weighted by atomic mass is 10.0. The number of carbonyl (C=O) groups excluding carboxylic acids is 1. The van der Waals surface area contributed by atoms with Crippen molar-refractivity contribution in [1.82, 2.24) is 15.1 Å². The molecule has 0 aliphatic carbocycles. The molecular weight excluding hydrogens is 184 g/mol. The first-order chi connectivity index (χ1) is 6.70. The summed E-state index contributed by atoms with van der Waals surface area (Å²) in [5.41, 5.74) is 5.78. The quantitative estimate of drug-likeness (QED) is 0.568. The minimum atomic E-state index is -0.112. The third-order valence-electron chi connectivity index (χ3n) is 2.33. The molecule has 2 heterocycles. The van der Waals surface area contributed by atoms with Crippen molar-refractivity contribution in [3.05, 3.63) is 11.8 Å². The van der Waals surface area contributed by atoms with Crippen LogP contribution in [0, 0.1) is 5.92 Å². The maximum Gasteiger partial charge on any atom is 0.271 e. The average Bonchev–Trinajstić information content (AvgIpc) is 2.49. The lowest BCUT2D eigenvalue weighted by Gasteiger charge is -2.37. The summed E-state index contributed by atoms with van der Waals surface area (Å²) in [6.07, 6.45) is 0. The van der Waals surface area contributed by atoms with Crippen LogP contribution in [0.1, 0.15) is 10.5 Å². The van der Waals surface area contributed by atoms with Gasteiger partial charge < -0.3 is 15.7 Å². The van der Waals surface area contributed by atoms with E-state index < -0.39 is 0 Å². The third kappa shape index (κ3) is 1.44. The van der Waals surface area contributed by atoms with Gasteiger partial charge in [0.2, 0.25) is 0 Å². The normalized spacial score (nSPS) is 16.8. The standard InChI is InChI=1S/C8H12N4O2/c9-7-1-6(10-11-7)8(14)12-2-5(3-12)4-13/h1,5,13H,2-4H2,(H3,9,10,11). The number of aliphatic hydroxyl groups is 1. The second-order valence-corrected chi connectivity index (χ2v) is 3.47. The van der Waals surface area contributed by atoms with Gasteiger partial charge in [-0.2, -0.15) is 5.10 Å². The summed E-state index contributed by atoms with van der Waals surface area (Å²) in [6, 6.07) is 1.51. The number of aromatic amines is 1. The van der Waals surface area contributed by atoms with E-state index in [9.17, 15) is 4.79 Å². The molecule has 0 spiro atoms. The van der Waals surface area contributed by atoms with Gasteiger partial charge in [0, 0.05) is 31.7 Å². The molecule has 1 aliphatic heterocycles. The van der Waals surface area contributed by atoms with Gasteiger partial charge in [-0.1, -0.05) is 0 Å². The molecular formula is C8H12N4O2. The summed E-state index contributed by atoms with van der Waals surface area (Å²) in [5, 5.41) is 15.0. The van der Waals surface area contributed by atoms with Crippen LogP contribution in [0.25, 0.3) is 0 Å². The number of anilines is 1. The third-order valence-corrected chi connectivity index (χ3v) is 2.33. The molecule has 1 fully saturated rings. The highest BCUT2D eigenvalue weighted by atomic mass is 16.3. The largest absolute Gasteiger partial charge is 0.396 e. The number of hydrogen-bond donors (Lipinski definition) is 3. The van der Waals surface area contributed by atoms with E-state index in [1.54, 1.807) is 4.90 Å². The molecule has 1 saturated heterocycles. The molecule has 6 nitrogen and oxygen atoms in total. The molecule has 0 radical (unpaired) electrons. The Hall–Kier alpha value is -1.56. The van der Waals surface area contributed by atoms with Gasteiger partial charge in [-0.15, -0.1) is 0 Å². The van der Waals surface area contributed by atoms with Gasteiger partial charge in [0.15, 0.2) is 0 Å². The van der Waals surface area contributed by atoms with E-state index in [0.29, 0.717) is 24.6 Å². The molecule has 6 heteroatoms. The van der Waals surface area contributed by atoms with Crippen molar-refractivity contribution in [2.75, 3.05) is 25.4 Å². The zero-order valence-electron chi connectivity index (χ0n) is 7.60. The molecule has 1 aliphatic rings. The average molecular weight is 196 g/mol. The second-order valence-electron chi connectivity index (χ2n) is 3.47. The molecule has 0 atom stereocenters. The Bertz CT molecular complexity index is 343. The number of H-pyrrole nitrogens is 1. The van der Waals surface area contributed by atoms with Crippen LogP contribution in [-0.4, -0.2) is 45.8 Å². The van der Waals surface area contributed by atoms with Crippen molar-refractivity contribution < 1.29 is 9.90 Å². The summed E-state index contributed by atoms with van der Waals surface area (Å²) in [4.78, 5) is 13.3. The Kier molecular flexibility index (Phi) is 2.12. The van der Waals surface area contributed by atoms with Gasteiger partial charge in [-0.05, 0) is 0 Å². The highest BCUT2D eigenvalue weighted by Crippen LogP contribution is 2.17. The summed E-state index contributed by atoms with van der Waals surface area (Å²) in [5.74, 6) is 0.422. The molecule has 1 amide bonds. The Morgan fingerprint density at radius 3 is 3.00 bits per heavy atom. The monoisotopic (exact) mass is 196 g/mol. The van der Waals surface area contributed by atoms with Crippen LogP contribution in [0.3, 0.4) is 0 Å². The van der Waals surface area contributed by atoms with Crippen LogP contribution >= 0.6 is 0 Å². The van der Waals surface area contributed by atoms with E-state index in [4.69, 9.17) is 10.8 Å². The van der Waals surface area contributed by atoms with Crippen LogP contribution in [-0.2, 0) is 0 Å². The number of aliphatic hydroxyl groups excluding tert-OH is 1. The number of hydrogen-bond acceptors (Lipinski definition) is 4. The van der Waals surface area contributed by atoms with E-state index in [1.165, 1.54) is 6.07 Å². The lowest BCUT2D eigenvalue weighted by Crippen LogP contribution is -2.51. The molecule has 0 saturated carbocycles. The fraction of sp³-hybridized carbons (Fsp3) is 0.500. The summed E-state index contributed by atoms with van der Waals surface area (Å²) in [7, 11) is 0. The van der Waals surface area contributed by atoms with Crippen LogP contribution < -0.4 is 5.73 Å². The number of aromatic nitrogens is 2. The number of rotatable bonds is 2. The first kappa shape index (κ1) is 9.01. The second kappa shape index (κ2) is 3.30. The minimum Gasteiger partial charge on any atom is -0.396 e. The molecule has 4 N–H and O–H groups in total. The van der Waals surface area contributed by atoms with E-state index in [-0.39, 0.29) is 18.4 Å². The van der Waals surface area contributed by atoms with Crippen LogP contribution in [0.2, 0.25) is 0 Å². The zero-order valence-corrected chi connectivity index (χ0v) is 7.60. The highest BCUT2D eigenvalue weighted by Gasteiger charge is 2.31. The molecule has 2 rings (SSSR count). The Morgan fingerprint density at radius 2 is 2.50 bits per heavy atom. The van der Waals surface area contributed by atoms with Gasteiger partial charge in [0.05, 0.1) is 0 Å². The number of nitrogen functional groups attached to an aromatic ring is 1. The van der Waals surface area contributed by atoms with Gasteiger partial charge in [0.1, 0.15) is 11.5 Å². The summed E-state index contributed by atoms with van der Waals surface area (Å²) in [6.45, 7) is 1.34. The van der Waals surface area contributed by atoms with E-state index in [1.807, 2.05) is 0 Å². The number of nitrogens with two attached hydrogens (primary N) is 1. The Balaban J connectivity index is 1.97. The van der Waals surface area contributed by atoms with Crippen molar-refractivity contribution >= 4 is 11.7 Å². The molecule has 14 heavy (non-hydrogen) atoms. The van der Waals surface area contributed by atoms with Crippen LogP contribution in [0.4, 0.5) is 5.82 Å². The van der Waals surface area contributed by atoms with Crippen molar-refractivity contribution in [3.8, 4) is 0 Å². The predicted octanol–water partition coefficient (Wildman–Crippen LogP) is -0.944. The summed E-state index contributed by atoms with van der Waals surface area (Å²) < 4.78 is 0. The maximum absolute atomic E-state index is 11.6. The smallest absolute Gasteiger partial charge is 0.271 e. The fourth-order valence-electron chi connectivity index (χ4n) is 1.47. The topological polar surface area (TPSA) is 95.2 Å². The molecule has 1 aromatic rings. The molecule has 0 aromatic carbocycles. The highest BCUT2D eigenvalue weighted by molar-refractivity contribution is 5.93. The number of carbonyl (C=O) groups is 1. The Morgan fingerprint density at radius 1 is 1.79 bits per heavy atom. The lowest BCUT2D eigenvalue weighted by molar-refractivity contribution is 0.0356. The van der Waals surface area contributed by atoms with Crippen LogP contribution in [0.5, 0.6) is 0 Å². The van der Waals surface area contributed by atoms with Crippen molar-refractivity contribution in [1.29, 1.82) is 0 Å². The minimum absolute atomic E-state index is 0.112. The van der Waals surface area contributed by atoms with Crippen molar-refractivity contribution in [3.63, 3.8) is 0 Å². The zero-order chi connectivity index (χ0) is 10.1. The fourth-order valence-corrected chi connectivity index (χ4v) is 1.47.